The second-order valence-corrected chi connectivity index (χ2v) is 8.02. The molecule has 4 heteroatoms. The summed E-state index contributed by atoms with van der Waals surface area (Å²) >= 11 is 0. The number of methoxy groups -OCH3 is 2. The SMILES string of the molecule is COCO[C@H]([C@@H](C)/C=C/C1CCCCC1)[C@@H](C)COCc1ccc(OC)cc1. The minimum atomic E-state index is 0.0793. The molecule has 1 aliphatic carbocycles. The highest BCUT2D eigenvalue weighted by molar-refractivity contribution is 5.26. The molecular weight excluding hydrogens is 352 g/mol. The molecule has 28 heavy (non-hydrogen) atoms. The van der Waals surface area contributed by atoms with E-state index in [0.29, 0.717) is 25.9 Å². The molecule has 0 heterocycles. The van der Waals surface area contributed by atoms with Crippen LogP contribution in [0.5, 0.6) is 5.75 Å². The highest BCUT2D eigenvalue weighted by Gasteiger charge is 2.24. The molecule has 0 saturated heterocycles. The van der Waals surface area contributed by atoms with Gasteiger partial charge in [0.1, 0.15) is 12.5 Å². The van der Waals surface area contributed by atoms with E-state index in [4.69, 9.17) is 18.9 Å². The standard InChI is InChI=1S/C24H38O4/c1-19(10-11-21-8-6-5-7-9-21)24(28-18-25-3)20(2)16-27-17-22-12-14-23(26-4)15-13-22/h10-15,19-21,24H,5-9,16-18H2,1-4H3/b11-10+/t19-,20-,24+/m0/s1. The van der Waals surface area contributed by atoms with Crippen molar-refractivity contribution in [1.82, 2.24) is 0 Å². The van der Waals surface area contributed by atoms with Gasteiger partial charge in [-0.1, -0.05) is 57.4 Å². The molecule has 0 radical (unpaired) electrons. The number of ether oxygens (including phenoxy) is 4. The molecule has 1 aromatic carbocycles. The second kappa shape index (κ2) is 13.0. The van der Waals surface area contributed by atoms with Crippen LogP contribution in [0.3, 0.4) is 0 Å². The van der Waals surface area contributed by atoms with Crippen molar-refractivity contribution in [3.63, 3.8) is 0 Å². The molecule has 1 aromatic rings. The Morgan fingerprint density at radius 1 is 1.04 bits per heavy atom. The second-order valence-electron chi connectivity index (χ2n) is 8.02. The predicted molar refractivity (Wildman–Crippen MR) is 113 cm³/mol. The van der Waals surface area contributed by atoms with E-state index in [1.165, 1.54) is 32.1 Å². The first-order valence-electron chi connectivity index (χ1n) is 10.6. The number of allylic oxidation sites excluding steroid dienone is 1. The van der Waals surface area contributed by atoms with Gasteiger partial charge in [-0.15, -0.1) is 0 Å². The Morgan fingerprint density at radius 3 is 2.39 bits per heavy atom. The molecule has 0 aliphatic heterocycles. The summed E-state index contributed by atoms with van der Waals surface area (Å²) in [5, 5.41) is 0. The first kappa shape index (κ1) is 22.9. The molecule has 1 aliphatic rings. The fourth-order valence-corrected chi connectivity index (χ4v) is 3.93. The van der Waals surface area contributed by atoms with Crippen LogP contribution in [0, 0.1) is 17.8 Å². The monoisotopic (exact) mass is 390 g/mol. The lowest BCUT2D eigenvalue weighted by atomic mass is 9.87. The van der Waals surface area contributed by atoms with Crippen LogP contribution in [0.1, 0.15) is 51.5 Å². The third kappa shape index (κ3) is 7.94. The quantitative estimate of drug-likeness (QED) is 0.343. The van der Waals surface area contributed by atoms with Crippen molar-refractivity contribution < 1.29 is 18.9 Å². The number of hydrogen-bond acceptors (Lipinski definition) is 4. The molecule has 0 bridgehead atoms. The van der Waals surface area contributed by atoms with Crippen LogP contribution in [0.2, 0.25) is 0 Å². The van der Waals surface area contributed by atoms with E-state index in [1.807, 2.05) is 24.3 Å². The normalized spacial score (nSPS) is 18.9. The zero-order valence-corrected chi connectivity index (χ0v) is 18.1. The zero-order valence-electron chi connectivity index (χ0n) is 18.1. The van der Waals surface area contributed by atoms with Gasteiger partial charge in [-0.2, -0.15) is 0 Å². The maximum atomic E-state index is 6.02. The van der Waals surface area contributed by atoms with Gasteiger partial charge in [0.15, 0.2) is 0 Å². The van der Waals surface area contributed by atoms with Crippen LogP contribution in [-0.4, -0.2) is 33.7 Å². The summed E-state index contributed by atoms with van der Waals surface area (Å²) < 4.78 is 22.4. The summed E-state index contributed by atoms with van der Waals surface area (Å²) in [6.07, 6.45) is 11.6. The van der Waals surface area contributed by atoms with E-state index in [2.05, 4.69) is 26.0 Å². The maximum absolute atomic E-state index is 6.02. The Morgan fingerprint density at radius 2 is 1.75 bits per heavy atom. The van der Waals surface area contributed by atoms with E-state index in [1.54, 1.807) is 14.2 Å². The van der Waals surface area contributed by atoms with Gasteiger partial charge in [-0.05, 0) is 36.5 Å². The van der Waals surface area contributed by atoms with Gasteiger partial charge >= 0.3 is 0 Å². The van der Waals surface area contributed by atoms with E-state index >= 15 is 0 Å². The molecule has 4 nitrogen and oxygen atoms in total. The lowest BCUT2D eigenvalue weighted by Crippen LogP contribution is -2.32. The zero-order chi connectivity index (χ0) is 20.2. The van der Waals surface area contributed by atoms with Crippen LogP contribution in [0.25, 0.3) is 0 Å². The van der Waals surface area contributed by atoms with Crippen LogP contribution in [-0.2, 0) is 20.8 Å². The molecule has 0 N–H and O–H groups in total. The molecule has 2 rings (SSSR count). The highest BCUT2D eigenvalue weighted by atomic mass is 16.7. The average molecular weight is 391 g/mol. The van der Waals surface area contributed by atoms with E-state index in [0.717, 1.165) is 17.2 Å². The highest BCUT2D eigenvalue weighted by Crippen LogP contribution is 2.26. The molecule has 158 valence electrons. The van der Waals surface area contributed by atoms with Crippen molar-refractivity contribution in [2.45, 2.75) is 58.7 Å². The molecule has 1 saturated carbocycles. The number of benzene rings is 1. The summed E-state index contributed by atoms with van der Waals surface area (Å²) in [5.74, 6) is 2.21. The Kier molecular flexibility index (Phi) is 10.6. The first-order valence-corrected chi connectivity index (χ1v) is 10.6. The van der Waals surface area contributed by atoms with Crippen molar-refractivity contribution >= 4 is 0 Å². The molecule has 1 fully saturated rings. The van der Waals surface area contributed by atoms with Crippen molar-refractivity contribution in [3.8, 4) is 5.75 Å². The van der Waals surface area contributed by atoms with E-state index in [-0.39, 0.29) is 12.0 Å². The Labute approximate surface area is 171 Å². The third-order valence-corrected chi connectivity index (χ3v) is 5.60. The molecule has 0 unspecified atom stereocenters. The Bertz CT molecular complexity index is 548. The molecule has 0 amide bonds. The van der Waals surface area contributed by atoms with Gasteiger partial charge < -0.3 is 18.9 Å². The summed E-state index contributed by atoms with van der Waals surface area (Å²) in [4.78, 5) is 0. The van der Waals surface area contributed by atoms with Gasteiger partial charge in [0.05, 0.1) is 26.4 Å². The topological polar surface area (TPSA) is 36.9 Å². The van der Waals surface area contributed by atoms with Gasteiger partial charge in [-0.3, -0.25) is 0 Å². The minimum absolute atomic E-state index is 0.0793. The summed E-state index contributed by atoms with van der Waals surface area (Å²) in [6, 6.07) is 8.01. The van der Waals surface area contributed by atoms with Gasteiger partial charge in [0.25, 0.3) is 0 Å². The first-order chi connectivity index (χ1) is 13.6. The van der Waals surface area contributed by atoms with Crippen molar-refractivity contribution in [2.75, 3.05) is 27.6 Å². The lowest BCUT2D eigenvalue weighted by molar-refractivity contribution is -0.112. The van der Waals surface area contributed by atoms with Gasteiger partial charge in [0.2, 0.25) is 0 Å². The Hall–Kier alpha value is -1.36. The van der Waals surface area contributed by atoms with Crippen molar-refractivity contribution in [3.05, 3.63) is 42.0 Å². The Balaban J connectivity index is 1.83. The number of rotatable bonds is 12. The van der Waals surface area contributed by atoms with Crippen LogP contribution in [0.15, 0.2) is 36.4 Å². The van der Waals surface area contributed by atoms with Gasteiger partial charge in [-0.25, -0.2) is 0 Å². The predicted octanol–water partition coefficient (Wildman–Crippen LogP) is 5.61. The van der Waals surface area contributed by atoms with E-state index in [9.17, 15) is 0 Å². The smallest absolute Gasteiger partial charge is 0.146 e. The van der Waals surface area contributed by atoms with Gasteiger partial charge in [0, 0.05) is 18.9 Å². The summed E-state index contributed by atoms with van der Waals surface area (Å²) in [6.45, 7) is 5.99. The summed E-state index contributed by atoms with van der Waals surface area (Å²) in [5.41, 5.74) is 1.15. The van der Waals surface area contributed by atoms with Crippen molar-refractivity contribution in [2.24, 2.45) is 17.8 Å². The molecular formula is C24H38O4. The van der Waals surface area contributed by atoms with E-state index < -0.39 is 0 Å². The average Bonchev–Trinajstić information content (AvgIpc) is 2.73. The van der Waals surface area contributed by atoms with Crippen LogP contribution < -0.4 is 4.74 Å². The molecule has 3 atom stereocenters. The molecule has 0 aromatic heterocycles. The van der Waals surface area contributed by atoms with Crippen LogP contribution >= 0.6 is 0 Å². The minimum Gasteiger partial charge on any atom is -0.497 e. The number of hydrogen-bond donors (Lipinski definition) is 0. The maximum Gasteiger partial charge on any atom is 0.146 e. The lowest BCUT2D eigenvalue weighted by Gasteiger charge is -2.28. The van der Waals surface area contributed by atoms with Crippen LogP contribution in [0.4, 0.5) is 0 Å². The summed E-state index contributed by atoms with van der Waals surface area (Å²) in [7, 11) is 3.35. The largest absolute Gasteiger partial charge is 0.497 e. The fourth-order valence-electron chi connectivity index (χ4n) is 3.93. The van der Waals surface area contributed by atoms with Crippen molar-refractivity contribution in [1.29, 1.82) is 0 Å². The fraction of sp³-hybridized carbons (Fsp3) is 0.667. The third-order valence-electron chi connectivity index (χ3n) is 5.60. The molecule has 0 spiro atoms.